The van der Waals surface area contributed by atoms with Gasteiger partial charge in [-0.25, -0.2) is 0 Å². The number of hydrogen-bond acceptors (Lipinski definition) is 3. The molecule has 1 fully saturated rings. The number of rotatable bonds is 6. The molecule has 1 heterocycles. The van der Waals surface area contributed by atoms with Gasteiger partial charge in [0.15, 0.2) is 0 Å². The summed E-state index contributed by atoms with van der Waals surface area (Å²) in [5.41, 5.74) is 1.33. The molecule has 1 aromatic carbocycles. The smallest absolute Gasteiger partial charge is 0.322 e. The summed E-state index contributed by atoms with van der Waals surface area (Å²) in [7, 11) is 0. The molecule has 0 bridgehead atoms. The zero-order valence-corrected chi connectivity index (χ0v) is 13.3. The number of benzene rings is 1. The monoisotopic (exact) mass is 326 g/mol. The first-order valence-corrected chi connectivity index (χ1v) is 7.38. The van der Waals surface area contributed by atoms with E-state index in [0.29, 0.717) is 12.5 Å². The lowest BCUT2D eigenvalue weighted by atomic mass is 9.91. The van der Waals surface area contributed by atoms with Crippen molar-refractivity contribution in [1.82, 2.24) is 10.2 Å². The fourth-order valence-electron chi connectivity index (χ4n) is 2.84. The molecule has 2 N–H and O–H groups in total. The molecule has 1 aliphatic heterocycles. The third kappa shape index (κ3) is 6.45. The maximum Gasteiger partial charge on any atom is 0.322 e. The Balaban J connectivity index is 0.00000242. The van der Waals surface area contributed by atoms with Crippen LogP contribution in [0.5, 0.6) is 0 Å². The van der Waals surface area contributed by atoms with Gasteiger partial charge >= 0.3 is 5.97 Å². The van der Waals surface area contributed by atoms with Crippen LogP contribution in [0, 0.1) is 5.92 Å². The Morgan fingerprint density at radius 3 is 2.68 bits per heavy atom. The Kier molecular flexibility index (Phi) is 7.91. The van der Waals surface area contributed by atoms with Crippen molar-refractivity contribution in [3.8, 4) is 0 Å². The van der Waals surface area contributed by atoms with Crippen LogP contribution in [0.3, 0.4) is 0 Å². The minimum atomic E-state index is -1.01. The second kappa shape index (κ2) is 9.43. The molecule has 22 heavy (non-hydrogen) atoms. The number of likely N-dealkylation sites (tertiary alicyclic amines) is 1. The number of hydrogen-bond donors (Lipinski definition) is 2. The first-order chi connectivity index (χ1) is 10.1. The van der Waals surface area contributed by atoms with E-state index in [1.807, 2.05) is 6.07 Å². The SMILES string of the molecule is Cl.O=C(O)CNC(=O)CN1CCCC(Cc2ccccc2)C1. The van der Waals surface area contributed by atoms with Crippen LogP contribution >= 0.6 is 12.4 Å². The summed E-state index contributed by atoms with van der Waals surface area (Å²) in [6, 6.07) is 10.4. The van der Waals surface area contributed by atoms with Crippen molar-refractivity contribution in [2.45, 2.75) is 19.3 Å². The first-order valence-electron chi connectivity index (χ1n) is 7.38. The topological polar surface area (TPSA) is 69.6 Å². The second-order valence-corrected chi connectivity index (χ2v) is 5.60. The molecule has 1 saturated heterocycles. The van der Waals surface area contributed by atoms with Crippen molar-refractivity contribution < 1.29 is 14.7 Å². The van der Waals surface area contributed by atoms with Gasteiger partial charge in [0.1, 0.15) is 6.54 Å². The zero-order chi connectivity index (χ0) is 15.1. The largest absolute Gasteiger partial charge is 0.480 e. The Labute approximate surface area is 137 Å². The molecule has 1 aliphatic rings. The number of carboxylic acids is 1. The summed E-state index contributed by atoms with van der Waals surface area (Å²) >= 11 is 0. The maximum absolute atomic E-state index is 11.7. The summed E-state index contributed by atoms with van der Waals surface area (Å²) in [6.45, 7) is 1.79. The molecule has 122 valence electrons. The van der Waals surface area contributed by atoms with Crippen LogP contribution in [0.25, 0.3) is 0 Å². The van der Waals surface area contributed by atoms with E-state index >= 15 is 0 Å². The van der Waals surface area contributed by atoms with E-state index in [2.05, 4.69) is 34.5 Å². The normalized spacial score (nSPS) is 18.3. The highest BCUT2D eigenvalue weighted by Gasteiger charge is 2.21. The van der Waals surface area contributed by atoms with E-state index in [4.69, 9.17) is 5.11 Å². The lowest BCUT2D eigenvalue weighted by molar-refractivity contribution is -0.138. The van der Waals surface area contributed by atoms with Crippen molar-refractivity contribution in [2.24, 2.45) is 5.92 Å². The Bertz CT molecular complexity index is 482. The molecule has 1 amide bonds. The van der Waals surface area contributed by atoms with Crippen molar-refractivity contribution in [2.75, 3.05) is 26.2 Å². The highest BCUT2D eigenvalue weighted by atomic mass is 35.5. The average Bonchev–Trinajstić information content (AvgIpc) is 2.46. The standard InChI is InChI=1S/C16H22N2O3.ClH/c19-15(17-10-16(20)21)12-18-8-4-7-14(11-18)9-13-5-2-1-3-6-13;/h1-3,5-6,14H,4,7-12H2,(H,17,19)(H,20,21);1H. The van der Waals surface area contributed by atoms with Gasteiger partial charge in [0, 0.05) is 6.54 Å². The molecule has 0 aromatic heterocycles. The van der Waals surface area contributed by atoms with Gasteiger partial charge in [0.25, 0.3) is 0 Å². The van der Waals surface area contributed by atoms with Crippen LogP contribution in [0.1, 0.15) is 18.4 Å². The molecule has 1 atom stereocenters. The van der Waals surface area contributed by atoms with Gasteiger partial charge in [-0.2, -0.15) is 0 Å². The fourth-order valence-corrected chi connectivity index (χ4v) is 2.84. The predicted octanol–water partition coefficient (Wildman–Crippen LogP) is 1.56. The molecule has 6 heteroatoms. The number of carbonyl (C=O) groups is 2. The second-order valence-electron chi connectivity index (χ2n) is 5.60. The Morgan fingerprint density at radius 2 is 2.00 bits per heavy atom. The summed E-state index contributed by atoms with van der Waals surface area (Å²) < 4.78 is 0. The molecule has 1 aromatic rings. The Hall–Kier alpha value is -1.59. The molecule has 5 nitrogen and oxygen atoms in total. The molecule has 0 aliphatic carbocycles. The number of carbonyl (C=O) groups excluding carboxylic acids is 1. The van der Waals surface area contributed by atoms with Crippen LogP contribution in [-0.4, -0.2) is 48.1 Å². The van der Waals surface area contributed by atoms with Crippen molar-refractivity contribution in [3.05, 3.63) is 35.9 Å². The lowest BCUT2D eigenvalue weighted by Crippen LogP contribution is -2.43. The minimum absolute atomic E-state index is 0. The maximum atomic E-state index is 11.7. The lowest BCUT2D eigenvalue weighted by Gasteiger charge is -2.32. The third-order valence-electron chi connectivity index (χ3n) is 3.77. The van der Waals surface area contributed by atoms with Gasteiger partial charge in [0.2, 0.25) is 5.91 Å². The Morgan fingerprint density at radius 1 is 1.27 bits per heavy atom. The molecule has 0 saturated carbocycles. The number of amides is 1. The van der Waals surface area contributed by atoms with Crippen LogP contribution < -0.4 is 5.32 Å². The van der Waals surface area contributed by atoms with Gasteiger partial charge in [0.05, 0.1) is 6.54 Å². The van der Waals surface area contributed by atoms with E-state index in [1.165, 1.54) is 12.0 Å². The predicted molar refractivity (Wildman–Crippen MR) is 87.2 cm³/mol. The van der Waals surface area contributed by atoms with Crippen LogP contribution in [0.4, 0.5) is 0 Å². The molecular formula is C16H23ClN2O3. The minimum Gasteiger partial charge on any atom is -0.480 e. The van der Waals surface area contributed by atoms with Crippen molar-refractivity contribution in [1.29, 1.82) is 0 Å². The van der Waals surface area contributed by atoms with Crippen LogP contribution in [0.2, 0.25) is 0 Å². The number of piperidine rings is 1. The number of aliphatic carboxylic acids is 1. The van der Waals surface area contributed by atoms with Gasteiger partial charge < -0.3 is 10.4 Å². The first kappa shape index (κ1) is 18.5. The van der Waals surface area contributed by atoms with E-state index in [0.717, 1.165) is 25.9 Å². The number of nitrogens with one attached hydrogen (secondary N) is 1. The number of nitrogens with zero attached hydrogens (tertiary/aromatic N) is 1. The quantitative estimate of drug-likeness (QED) is 0.832. The summed E-state index contributed by atoms with van der Waals surface area (Å²) in [5.74, 6) is -0.657. The van der Waals surface area contributed by atoms with Gasteiger partial charge in [-0.1, -0.05) is 30.3 Å². The van der Waals surface area contributed by atoms with E-state index in [1.54, 1.807) is 0 Å². The highest BCUT2D eigenvalue weighted by Crippen LogP contribution is 2.20. The number of halogens is 1. The van der Waals surface area contributed by atoms with Gasteiger partial charge in [-0.3, -0.25) is 14.5 Å². The van der Waals surface area contributed by atoms with Crippen molar-refractivity contribution in [3.63, 3.8) is 0 Å². The summed E-state index contributed by atoms with van der Waals surface area (Å²) in [6.07, 6.45) is 3.31. The molecular weight excluding hydrogens is 304 g/mol. The van der Waals surface area contributed by atoms with Crippen LogP contribution in [-0.2, 0) is 16.0 Å². The van der Waals surface area contributed by atoms with E-state index in [-0.39, 0.29) is 24.9 Å². The van der Waals surface area contributed by atoms with E-state index in [9.17, 15) is 9.59 Å². The van der Waals surface area contributed by atoms with Gasteiger partial charge in [-0.05, 0) is 37.3 Å². The molecule has 2 rings (SSSR count). The molecule has 0 spiro atoms. The summed E-state index contributed by atoms with van der Waals surface area (Å²) in [4.78, 5) is 24.2. The fraction of sp³-hybridized carbons (Fsp3) is 0.500. The summed E-state index contributed by atoms with van der Waals surface area (Å²) in [5, 5.41) is 11.0. The molecule has 0 radical (unpaired) electrons. The molecule has 1 unspecified atom stereocenters. The number of carboxylic acid groups (broad SMARTS) is 1. The van der Waals surface area contributed by atoms with Crippen LogP contribution in [0.15, 0.2) is 30.3 Å². The van der Waals surface area contributed by atoms with E-state index < -0.39 is 5.97 Å². The third-order valence-corrected chi connectivity index (χ3v) is 3.77. The van der Waals surface area contributed by atoms with Crippen molar-refractivity contribution >= 4 is 24.3 Å². The average molecular weight is 327 g/mol. The zero-order valence-electron chi connectivity index (χ0n) is 12.5. The van der Waals surface area contributed by atoms with Gasteiger partial charge in [-0.15, -0.1) is 12.4 Å². The highest BCUT2D eigenvalue weighted by molar-refractivity contribution is 5.85.